The molecule has 2 aliphatic heterocycles. The summed E-state index contributed by atoms with van der Waals surface area (Å²) < 4.78 is 67.4. The van der Waals surface area contributed by atoms with E-state index < -0.39 is 42.4 Å². The van der Waals surface area contributed by atoms with Crippen molar-refractivity contribution >= 4 is 61.0 Å². The minimum absolute atomic E-state index is 0.0955. The molecule has 198 valence electrons. The molecule has 1 aromatic heterocycles. The van der Waals surface area contributed by atoms with Gasteiger partial charge in [-0.05, 0) is 39.4 Å². The topological polar surface area (TPSA) is 79.7 Å². The zero-order chi connectivity index (χ0) is 26.0. The van der Waals surface area contributed by atoms with Gasteiger partial charge in [-0.15, -0.1) is 0 Å². The fourth-order valence-corrected chi connectivity index (χ4v) is 5.84. The van der Waals surface area contributed by atoms with Crippen molar-refractivity contribution in [2.75, 3.05) is 32.8 Å². The molecule has 7 nitrogen and oxygen atoms in total. The van der Waals surface area contributed by atoms with Gasteiger partial charge in [-0.1, -0.05) is 40.3 Å². The Balaban J connectivity index is 1.61. The number of aromatic nitrogens is 2. The lowest BCUT2D eigenvalue weighted by molar-refractivity contribution is 0.107. The van der Waals surface area contributed by atoms with Crippen molar-refractivity contribution in [3.8, 4) is 17.6 Å². The summed E-state index contributed by atoms with van der Waals surface area (Å²) in [5.41, 5.74) is -0.784. The molecule has 3 atom stereocenters. The van der Waals surface area contributed by atoms with Crippen LogP contribution in [0.3, 0.4) is 0 Å². The number of hydrogen-bond acceptors (Lipinski definition) is 7. The first kappa shape index (κ1) is 27.9. The Bertz CT molecular complexity index is 1150. The molecule has 2 aromatic rings. The van der Waals surface area contributed by atoms with Gasteiger partial charge in [-0.25, -0.2) is 17.6 Å². The van der Waals surface area contributed by atoms with Crippen molar-refractivity contribution in [2.45, 2.75) is 43.4 Å². The van der Waals surface area contributed by atoms with Crippen molar-refractivity contribution < 1.29 is 32.1 Å². The summed E-state index contributed by atoms with van der Waals surface area (Å²) in [6.07, 6.45) is 0.0961. The smallest absolute Gasteiger partial charge is 0.320 e. The number of hydrogen-bond donors (Lipinski definition) is 2. The van der Waals surface area contributed by atoms with Gasteiger partial charge in [0.05, 0.1) is 22.6 Å². The predicted octanol–water partition coefficient (Wildman–Crippen LogP) is 5.40. The summed E-state index contributed by atoms with van der Waals surface area (Å²) in [6.45, 7) is 0.494. The van der Waals surface area contributed by atoms with E-state index in [1.807, 2.05) is 27.5 Å². The zero-order valence-electron chi connectivity index (χ0n) is 18.8. The van der Waals surface area contributed by atoms with Crippen LogP contribution in [0.15, 0.2) is 14.6 Å². The normalized spacial score (nSPS) is 23.2. The molecular weight excluding hydrogens is 687 g/mol. The van der Waals surface area contributed by atoms with Gasteiger partial charge in [-0.3, -0.25) is 4.90 Å². The van der Waals surface area contributed by atoms with E-state index in [1.54, 1.807) is 10.2 Å². The van der Waals surface area contributed by atoms with Gasteiger partial charge < -0.3 is 19.9 Å². The van der Waals surface area contributed by atoms with Crippen LogP contribution in [0.25, 0.3) is 10.9 Å². The molecule has 0 amide bonds. The molecule has 14 heteroatoms. The van der Waals surface area contributed by atoms with Crippen LogP contribution in [-0.4, -0.2) is 77.0 Å². The maximum absolute atomic E-state index is 15.1. The van der Waals surface area contributed by atoms with E-state index in [0.717, 1.165) is 19.4 Å². The molecule has 0 unspecified atom stereocenters. The SMILES string of the molecule is Oc1nc(OC[C@@]23CCCN2C[C@H](F)C3)nc2c(F)c(Br)c(Cl)c(OC[C@H](/C=C/I)NCC(F)F)c12. The van der Waals surface area contributed by atoms with E-state index in [-0.39, 0.29) is 45.4 Å². The number of halogens is 7. The van der Waals surface area contributed by atoms with E-state index in [9.17, 15) is 18.3 Å². The molecule has 2 aliphatic rings. The van der Waals surface area contributed by atoms with Crippen LogP contribution in [0.4, 0.5) is 17.6 Å². The molecule has 2 saturated heterocycles. The lowest BCUT2D eigenvalue weighted by Crippen LogP contribution is -2.43. The number of fused-ring (bicyclic) bond motifs is 2. The van der Waals surface area contributed by atoms with Gasteiger partial charge in [0.25, 0.3) is 6.43 Å². The monoisotopic (exact) mass is 708 g/mol. The Labute approximate surface area is 231 Å². The molecule has 0 saturated carbocycles. The molecule has 0 spiro atoms. The first-order valence-corrected chi connectivity index (χ1v) is 13.6. The Morgan fingerprint density at radius 1 is 1.36 bits per heavy atom. The lowest BCUT2D eigenvalue weighted by Gasteiger charge is -2.30. The molecule has 2 N–H and O–H groups in total. The largest absolute Gasteiger partial charge is 0.493 e. The second kappa shape index (κ2) is 11.7. The average Bonchev–Trinajstić information content (AvgIpc) is 3.35. The molecule has 3 heterocycles. The van der Waals surface area contributed by atoms with Crippen LogP contribution in [0.1, 0.15) is 19.3 Å². The van der Waals surface area contributed by atoms with Gasteiger partial charge in [-0.2, -0.15) is 9.97 Å². The van der Waals surface area contributed by atoms with Crippen LogP contribution in [-0.2, 0) is 0 Å². The van der Waals surface area contributed by atoms with Gasteiger partial charge in [0, 0.05) is 13.0 Å². The third kappa shape index (κ3) is 5.79. The fraction of sp³-hybridized carbons (Fsp3) is 0.545. The minimum Gasteiger partial charge on any atom is -0.493 e. The summed E-state index contributed by atoms with van der Waals surface area (Å²) >= 11 is 11.3. The van der Waals surface area contributed by atoms with Crippen LogP contribution in [0, 0.1) is 5.82 Å². The highest BCUT2D eigenvalue weighted by Crippen LogP contribution is 2.45. The highest BCUT2D eigenvalue weighted by atomic mass is 127. The molecule has 36 heavy (non-hydrogen) atoms. The van der Waals surface area contributed by atoms with Crippen LogP contribution in [0.2, 0.25) is 5.02 Å². The Morgan fingerprint density at radius 3 is 2.86 bits per heavy atom. The second-order valence-electron chi connectivity index (χ2n) is 8.72. The number of nitrogens with zero attached hydrogens (tertiary/aromatic N) is 3. The van der Waals surface area contributed by atoms with Gasteiger partial charge >= 0.3 is 6.01 Å². The van der Waals surface area contributed by atoms with Gasteiger partial charge in [0.15, 0.2) is 11.6 Å². The molecule has 0 radical (unpaired) electrons. The van der Waals surface area contributed by atoms with E-state index in [0.29, 0.717) is 13.0 Å². The van der Waals surface area contributed by atoms with Crippen molar-refractivity contribution in [3.05, 3.63) is 25.5 Å². The summed E-state index contributed by atoms with van der Waals surface area (Å²) in [6, 6.07) is -0.886. The number of benzene rings is 1. The van der Waals surface area contributed by atoms with Gasteiger partial charge in [0.2, 0.25) is 5.88 Å². The third-order valence-electron chi connectivity index (χ3n) is 6.37. The van der Waals surface area contributed by atoms with Crippen molar-refractivity contribution in [2.24, 2.45) is 0 Å². The van der Waals surface area contributed by atoms with Crippen molar-refractivity contribution in [1.29, 1.82) is 0 Å². The van der Waals surface area contributed by atoms with Crippen LogP contribution >= 0.6 is 50.1 Å². The molecular formula is C22H23BrClF4IN4O3. The number of rotatable bonds is 10. The van der Waals surface area contributed by atoms with Crippen LogP contribution in [0.5, 0.6) is 17.6 Å². The van der Waals surface area contributed by atoms with E-state index >= 15 is 4.39 Å². The zero-order valence-corrected chi connectivity index (χ0v) is 23.3. The quantitative estimate of drug-likeness (QED) is 0.195. The molecule has 2 fully saturated rings. The number of ether oxygens (including phenoxy) is 2. The Hall–Kier alpha value is -1.16. The van der Waals surface area contributed by atoms with E-state index in [1.165, 1.54) is 0 Å². The van der Waals surface area contributed by atoms with Crippen LogP contribution < -0.4 is 14.8 Å². The Kier molecular flexibility index (Phi) is 9.06. The maximum atomic E-state index is 15.1. The number of alkyl halides is 3. The first-order valence-electron chi connectivity index (χ1n) is 11.2. The van der Waals surface area contributed by atoms with E-state index in [2.05, 4.69) is 31.2 Å². The highest BCUT2D eigenvalue weighted by molar-refractivity contribution is 14.1. The summed E-state index contributed by atoms with van der Waals surface area (Å²) in [4.78, 5) is 10.1. The summed E-state index contributed by atoms with van der Waals surface area (Å²) in [7, 11) is 0. The number of aromatic hydroxyl groups is 1. The molecule has 1 aromatic carbocycles. The third-order valence-corrected chi connectivity index (χ3v) is 8.12. The lowest BCUT2D eigenvalue weighted by atomic mass is 9.95. The minimum atomic E-state index is -2.56. The highest BCUT2D eigenvalue weighted by Gasteiger charge is 2.49. The van der Waals surface area contributed by atoms with Crippen molar-refractivity contribution in [1.82, 2.24) is 20.2 Å². The predicted molar refractivity (Wildman–Crippen MR) is 139 cm³/mol. The van der Waals surface area contributed by atoms with E-state index in [4.69, 9.17) is 21.1 Å². The van der Waals surface area contributed by atoms with Gasteiger partial charge in [0.1, 0.15) is 35.3 Å². The maximum Gasteiger partial charge on any atom is 0.320 e. The van der Waals surface area contributed by atoms with Crippen molar-refractivity contribution in [3.63, 3.8) is 0 Å². The molecule has 0 aliphatic carbocycles. The summed E-state index contributed by atoms with van der Waals surface area (Å²) in [5, 5.41) is 12.9. The summed E-state index contributed by atoms with van der Waals surface area (Å²) in [5.74, 6) is -1.61. The fourth-order valence-electron chi connectivity index (χ4n) is 4.74. The molecule has 0 bridgehead atoms. The molecule has 4 rings (SSSR count). The average molecular weight is 710 g/mol. The number of nitrogens with one attached hydrogen (secondary N) is 1. The first-order chi connectivity index (χ1) is 17.1. The standard InChI is InChI=1S/C22H23BrClF4IN4O3/c23-15-16(24)19(35-9-12(2-4-29)30-7-13(26)27)14-18(17(15)28)31-21(32-20(14)34)36-10-22-3-1-5-33(22)8-11(25)6-22/h2,4,11-13,30H,1,3,5-10H2,(H,31,32,34)/b4-2+/t11-,12+,22+/m1/s1. The Morgan fingerprint density at radius 2 is 2.14 bits per heavy atom. The second-order valence-corrected chi connectivity index (χ2v) is 10.6.